The quantitative estimate of drug-likeness (QED) is 0.766. The molecule has 0 radical (unpaired) electrons. The molecule has 0 spiro atoms. The van der Waals surface area contributed by atoms with Crippen LogP contribution in [-0.4, -0.2) is 32.2 Å². The van der Waals surface area contributed by atoms with E-state index in [1.54, 1.807) is 7.11 Å². The highest BCUT2D eigenvalue weighted by Gasteiger charge is 2.28. The van der Waals surface area contributed by atoms with E-state index in [9.17, 15) is 4.79 Å². The van der Waals surface area contributed by atoms with Crippen LogP contribution >= 0.6 is 12.4 Å². The van der Waals surface area contributed by atoms with Gasteiger partial charge in [0.1, 0.15) is 11.5 Å². The van der Waals surface area contributed by atoms with Gasteiger partial charge in [-0.1, -0.05) is 0 Å². The summed E-state index contributed by atoms with van der Waals surface area (Å²) in [4.78, 5) is 11.6. The summed E-state index contributed by atoms with van der Waals surface area (Å²) in [5.74, 6) is 2.10. The first-order valence-electron chi connectivity index (χ1n) is 6.98. The number of rotatable bonds is 8. The van der Waals surface area contributed by atoms with Gasteiger partial charge in [-0.3, -0.25) is 4.79 Å². The van der Waals surface area contributed by atoms with Gasteiger partial charge in [-0.2, -0.15) is 0 Å². The van der Waals surface area contributed by atoms with Gasteiger partial charge >= 0.3 is 0 Å². The molecule has 1 amide bonds. The lowest BCUT2D eigenvalue weighted by Crippen LogP contribution is -2.38. The van der Waals surface area contributed by atoms with Crippen molar-refractivity contribution in [2.75, 3.05) is 20.3 Å². The molecule has 0 aromatic heterocycles. The second kappa shape index (κ2) is 8.74. The maximum Gasteiger partial charge on any atom is 0.223 e. The summed E-state index contributed by atoms with van der Waals surface area (Å²) < 4.78 is 10.6. The van der Waals surface area contributed by atoms with Gasteiger partial charge in [0.2, 0.25) is 5.91 Å². The maximum absolute atomic E-state index is 11.6. The Morgan fingerprint density at radius 3 is 2.52 bits per heavy atom. The molecule has 2 rings (SSSR count). The van der Waals surface area contributed by atoms with Gasteiger partial charge in [0.15, 0.2) is 0 Å². The molecule has 6 heteroatoms. The Hall–Kier alpha value is -1.46. The van der Waals surface area contributed by atoms with E-state index in [4.69, 9.17) is 15.2 Å². The Labute approximate surface area is 131 Å². The minimum atomic E-state index is -0.0189. The van der Waals surface area contributed by atoms with Crippen molar-refractivity contribution < 1.29 is 14.3 Å². The van der Waals surface area contributed by atoms with Gasteiger partial charge in [0.05, 0.1) is 20.1 Å². The van der Waals surface area contributed by atoms with E-state index in [-0.39, 0.29) is 24.4 Å². The van der Waals surface area contributed by atoms with Crippen LogP contribution in [0, 0.1) is 5.92 Å². The molecular formula is C15H23ClN2O3. The molecule has 0 heterocycles. The average Bonchev–Trinajstić information content (AvgIpc) is 3.30. The van der Waals surface area contributed by atoms with Crippen LogP contribution in [0.15, 0.2) is 24.3 Å². The first-order chi connectivity index (χ1) is 9.69. The molecular weight excluding hydrogens is 292 g/mol. The molecule has 1 aromatic carbocycles. The van der Waals surface area contributed by atoms with Gasteiger partial charge < -0.3 is 20.5 Å². The van der Waals surface area contributed by atoms with Crippen molar-refractivity contribution in [3.05, 3.63) is 24.3 Å². The largest absolute Gasteiger partial charge is 0.497 e. The fourth-order valence-corrected chi connectivity index (χ4v) is 1.94. The molecule has 1 aliphatic rings. The maximum atomic E-state index is 11.6. The second-order valence-electron chi connectivity index (χ2n) is 5.08. The molecule has 0 saturated heterocycles. The summed E-state index contributed by atoms with van der Waals surface area (Å²) >= 11 is 0. The Morgan fingerprint density at radius 2 is 1.95 bits per heavy atom. The molecule has 1 unspecified atom stereocenters. The molecule has 21 heavy (non-hydrogen) atoms. The lowest BCUT2D eigenvalue weighted by molar-refractivity contribution is -0.121. The average molecular weight is 315 g/mol. The van der Waals surface area contributed by atoms with Crippen LogP contribution in [0.1, 0.15) is 19.3 Å². The van der Waals surface area contributed by atoms with Crippen molar-refractivity contribution in [2.45, 2.75) is 25.3 Å². The fraction of sp³-hybridized carbons (Fsp3) is 0.533. The lowest BCUT2D eigenvalue weighted by Gasteiger charge is -2.12. The summed E-state index contributed by atoms with van der Waals surface area (Å²) in [6.45, 7) is 0.920. The number of carbonyl (C=O) groups is 1. The Morgan fingerprint density at radius 1 is 1.33 bits per heavy atom. The van der Waals surface area contributed by atoms with Crippen molar-refractivity contribution in [1.82, 2.24) is 5.32 Å². The standard InChI is InChI=1S/C15H22N2O3.ClH/c1-19-12-4-6-13(7-5-12)20-9-8-15(18)17-10-14(16)11-2-3-11;/h4-7,11,14H,2-3,8-10,16H2,1H3,(H,17,18);1H. The summed E-state index contributed by atoms with van der Waals surface area (Å²) in [6, 6.07) is 7.38. The molecule has 3 N–H and O–H groups in total. The number of ether oxygens (including phenoxy) is 2. The molecule has 0 bridgehead atoms. The van der Waals surface area contributed by atoms with Crippen molar-refractivity contribution in [2.24, 2.45) is 11.7 Å². The zero-order valence-corrected chi connectivity index (χ0v) is 13.0. The summed E-state index contributed by atoms with van der Waals surface area (Å²) in [7, 11) is 1.62. The van der Waals surface area contributed by atoms with Gasteiger partial charge in [0, 0.05) is 12.6 Å². The van der Waals surface area contributed by atoms with Crippen LogP contribution in [0.2, 0.25) is 0 Å². The number of hydrogen-bond donors (Lipinski definition) is 2. The minimum Gasteiger partial charge on any atom is -0.497 e. The highest BCUT2D eigenvalue weighted by Crippen LogP contribution is 2.31. The van der Waals surface area contributed by atoms with Crippen LogP contribution in [-0.2, 0) is 4.79 Å². The van der Waals surface area contributed by atoms with E-state index in [1.807, 2.05) is 24.3 Å². The van der Waals surface area contributed by atoms with Crippen LogP contribution in [0.5, 0.6) is 11.5 Å². The molecule has 1 fully saturated rings. The van der Waals surface area contributed by atoms with Gasteiger partial charge in [-0.15, -0.1) is 12.4 Å². The Kier molecular flexibility index (Phi) is 7.32. The highest BCUT2D eigenvalue weighted by molar-refractivity contribution is 5.85. The number of benzene rings is 1. The number of nitrogens with two attached hydrogens (primary N) is 1. The van der Waals surface area contributed by atoms with Crippen LogP contribution < -0.4 is 20.5 Å². The van der Waals surface area contributed by atoms with Crippen molar-refractivity contribution in [1.29, 1.82) is 0 Å². The number of halogens is 1. The topological polar surface area (TPSA) is 73.6 Å². The number of methoxy groups -OCH3 is 1. The molecule has 1 saturated carbocycles. The molecule has 5 nitrogen and oxygen atoms in total. The fourth-order valence-electron chi connectivity index (χ4n) is 1.94. The smallest absolute Gasteiger partial charge is 0.223 e. The molecule has 0 aliphatic heterocycles. The minimum absolute atomic E-state index is 0. The number of carbonyl (C=O) groups excluding carboxylic acids is 1. The van der Waals surface area contributed by atoms with E-state index >= 15 is 0 Å². The van der Waals surface area contributed by atoms with E-state index in [0.29, 0.717) is 25.5 Å². The zero-order valence-electron chi connectivity index (χ0n) is 12.2. The van der Waals surface area contributed by atoms with Crippen LogP contribution in [0.4, 0.5) is 0 Å². The number of hydrogen-bond acceptors (Lipinski definition) is 4. The second-order valence-corrected chi connectivity index (χ2v) is 5.08. The van der Waals surface area contributed by atoms with Gasteiger partial charge in [-0.25, -0.2) is 0 Å². The predicted octanol–water partition coefficient (Wildman–Crippen LogP) is 1.74. The first-order valence-corrected chi connectivity index (χ1v) is 6.98. The van der Waals surface area contributed by atoms with Crippen molar-refractivity contribution >= 4 is 18.3 Å². The van der Waals surface area contributed by atoms with E-state index in [2.05, 4.69) is 5.32 Å². The monoisotopic (exact) mass is 314 g/mol. The highest BCUT2D eigenvalue weighted by atomic mass is 35.5. The third kappa shape index (κ3) is 6.23. The van der Waals surface area contributed by atoms with Crippen molar-refractivity contribution in [3.63, 3.8) is 0 Å². The Balaban J connectivity index is 0.00000220. The summed E-state index contributed by atoms with van der Waals surface area (Å²) in [5.41, 5.74) is 5.92. The number of amides is 1. The van der Waals surface area contributed by atoms with Gasteiger partial charge in [0.25, 0.3) is 0 Å². The first kappa shape index (κ1) is 17.6. The van der Waals surface area contributed by atoms with E-state index in [0.717, 1.165) is 11.5 Å². The molecule has 118 valence electrons. The van der Waals surface area contributed by atoms with Gasteiger partial charge in [-0.05, 0) is 43.0 Å². The third-order valence-corrected chi connectivity index (χ3v) is 3.42. The van der Waals surface area contributed by atoms with Crippen LogP contribution in [0.3, 0.4) is 0 Å². The normalized spacial score (nSPS) is 14.8. The van der Waals surface area contributed by atoms with E-state index < -0.39 is 0 Å². The number of nitrogens with one attached hydrogen (secondary N) is 1. The molecule has 1 atom stereocenters. The summed E-state index contributed by atoms with van der Waals surface area (Å²) in [6.07, 6.45) is 2.72. The predicted molar refractivity (Wildman–Crippen MR) is 84.1 cm³/mol. The van der Waals surface area contributed by atoms with Crippen molar-refractivity contribution in [3.8, 4) is 11.5 Å². The van der Waals surface area contributed by atoms with E-state index in [1.165, 1.54) is 12.8 Å². The van der Waals surface area contributed by atoms with Crippen LogP contribution in [0.25, 0.3) is 0 Å². The third-order valence-electron chi connectivity index (χ3n) is 3.42. The molecule has 1 aromatic rings. The molecule has 1 aliphatic carbocycles. The SMILES string of the molecule is COc1ccc(OCCC(=O)NCC(N)C2CC2)cc1.Cl. The lowest BCUT2D eigenvalue weighted by atomic mass is 10.2. The Bertz CT molecular complexity index is 435. The zero-order chi connectivity index (χ0) is 14.4. The summed E-state index contributed by atoms with van der Waals surface area (Å²) in [5, 5.41) is 2.84.